The molecule has 0 fully saturated rings. The fourth-order valence-electron chi connectivity index (χ4n) is 1.67. The van der Waals surface area contributed by atoms with Gasteiger partial charge in [0.1, 0.15) is 11.5 Å². The number of aliphatic carboxylic acids is 1. The Balaban J connectivity index is 1.88. The highest BCUT2D eigenvalue weighted by Gasteiger charge is 2.10. The third-order valence-electron chi connectivity index (χ3n) is 2.72. The number of amides is 1. The summed E-state index contributed by atoms with van der Waals surface area (Å²) in [6.45, 7) is 3.63. The van der Waals surface area contributed by atoms with Crippen molar-refractivity contribution in [2.45, 2.75) is 19.3 Å². The number of carbonyl (C=O) groups excluding carboxylic acids is 1. The number of hydrazine groups is 1. The van der Waals surface area contributed by atoms with Crippen LogP contribution in [0.25, 0.3) is 0 Å². The van der Waals surface area contributed by atoms with Crippen LogP contribution in [0.2, 0.25) is 0 Å². The second-order valence-electron chi connectivity index (χ2n) is 4.53. The topological polar surface area (TPSA) is 128 Å². The Hall–Kier alpha value is -3.10. The van der Waals surface area contributed by atoms with E-state index in [0.29, 0.717) is 29.5 Å². The maximum Gasteiger partial charge on any atom is 0.303 e. The normalized spacial score (nSPS) is 13.3. The zero-order valence-corrected chi connectivity index (χ0v) is 11.7. The van der Waals surface area contributed by atoms with Crippen molar-refractivity contribution >= 4 is 23.4 Å². The predicted molar refractivity (Wildman–Crippen MR) is 79.4 cm³/mol. The molecule has 9 heteroatoms. The SMILES string of the molecule is C=C1NN=C(c2ccc(NC(=O)CCCC(=O)O)cn2)NN1. The zero-order chi connectivity index (χ0) is 15.9. The summed E-state index contributed by atoms with van der Waals surface area (Å²) in [4.78, 5) is 26.2. The third-order valence-corrected chi connectivity index (χ3v) is 2.72. The summed E-state index contributed by atoms with van der Waals surface area (Å²) in [6, 6.07) is 3.38. The molecule has 0 radical (unpaired) electrons. The summed E-state index contributed by atoms with van der Waals surface area (Å²) in [6.07, 6.45) is 1.92. The van der Waals surface area contributed by atoms with Crippen LogP contribution in [0, 0.1) is 0 Å². The monoisotopic (exact) mass is 304 g/mol. The minimum atomic E-state index is -0.913. The minimum Gasteiger partial charge on any atom is -0.481 e. The first-order valence-corrected chi connectivity index (χ1v) is 6.57. The number of hydrazone groups is 1. The predicted octanol–water partition coefficient (Wildman–Crippen LogP) is 0.105. The van der Waals surface area contributed by atoms with Crippen LogP contribution in [0.1, 0.15) is 25.0 Å². The molecule has 0 bridgehead atoms. The van der Waals surface area contributed by atoms with Crippen molar-refractivity contribution in [2.75, 3.05) is 5.32 Å². The van der Waals surface area contributed by atoms with Gasteiger partial charge >= 0.3 is 5.97 Å². The maximum atomic E-state index is 11.6. The smallest absolute Gasteiger partial charge is 0.303 e. The van der Waals surface area contributed by atoms with Crippen molar-refractivity contribution in [2.24, 2.45) is 5.10 Å². The highest BCUT2D eigenvalue weighted by molar-refractivity contribution is 5.97. The number of anilines is 1. The van der Waals surface area contributed by atoms with Gasteiger partial charge in [-0.1, -0.05) is 6.58 Å². The second-order valence-corrected chi connectivity index (χ2v) is 4.53. The molecule has 0 spiro atoms. The summed E-state index contributed by atoms with van der Waals surface area (Å²) in [5.74, 6) is -0.145. The molecular weight excluding hydrogens is 288 g/mol. The molecule has 0 aromatic carbocycles. The fourth-order valence-corrected chi connectivity index (χ4v) is 1.67. The Morgan fingerprint density at radius 3 is 2.68 bits per heavy atom. The minimum absolute atomic E-state index is 0.0264. The van der Waals surface area contributed by atoms with Gasteiger partial charge in [-0.05, 0) is 18.6 Å². The van der Waals surface area contributed by atoms with E-state index in [4.69, 9.17) is 5.11 Å². The van der Waals surface area contributed by atoms with Gasteiger partial charge in [0, 0.05) is 12.8 Å². The molecule has 22 heavy (non-hydrogen) atoms. The largest absolute Gasteiger partial charge is 0.481 e. The lowest BCUT2D eigenvalue weighted by Gasteiger charge is -2.18. The van der Waals surface area contributed by atoms with Crippen molar-refractivity contribution < 1.29 is 14.7 Å². The van der Waals surface area contributed by atoms with E-state index in [1.54, 1.807) is 12.1 Å². The quantitative estimate of drug-likeness (QED) is 0.504. The van der Waals surface area contributed by atoms with Gasteiger partial charge in [0.25, 0.3) is 0 Å². The van der Waals surface area contributed by atoms with Crippen LogP contribution in [0.4, 0.5) is 5.69 Å². The number of carboxylic acid groups (broad SMARTS) is 1. The van der Waals surface area contributed by atoms with Crippen molar-refractivity contribution in [3.63, 3.8) is 0 Å². The summed E-state index contributed by atoms with van der Waals surface area (Å²) < 4.78 is 0. The van der Waals surface area contributed by atoms with Gasteiger partial charge in [-0.2, -0.15) is 5.10 Å². The van der Waals surface area contributed by atoms with E-state index in [9.17, 15) is 9.59 Å². The van der Waals surface area contributed by atoms with E-state index in [1.807, 2.05) is 0 Å². The summed E-state index contributed by atoms with van der Waals surface area (Å²) >= 11 is 0. The number of hydrogen-bond acceptors (Lipinski definition) is 7. The molecule has 1 aromatic heterocycles. The fraction of sp³-hybridized carbons (Fsp3) is 0.231. The maximum absolute atomic E-state index is 11.6. The van der Waals surface area contributed by atoms with E-state index in [2.05, 4.69) is 38.3 Å². The van der Waals surface area contributed by atoms with Gasteiger partial charge in [0.15, 0.2) is 5.84 Å². The first-order valence-electron chi connectivity index (χ1n) is 6.57. The number of hydrogen-bond donors (Lipinski definition) is 5. The Morgan fingerprint density at radius 2 is 2.09 bits per heavy atom. The molecule has 1 amide bonds. The first kappa shape index (κ1) is 15.3. The van der Waals surface area contributed by atoms with Crippen molar-refractivity contribution in [1.29, 1.82) is 0 Å². The summed E-state index contributed by atoms with van der Waals surface area (Å²) in [5, 5.41) is 15.2. The van der Waals surface area contributed by atoms with E-state index in [1.165, 1.54) is 6.20 Å². The molecule has 1 aliphatic rings. The van der Waals surface area contributed by atoms with Gasteiger partial charge in [0.2, 0.25) is 5.91 Å². The molecule has 1 aliphatic heterocycles. The van der Waals surface area contributed by atoms with Gasteiger partial charge in [-0.3, -0.25) is 30.9 Å². The standard InChI is InChI=1S/C13H16N6O3/c1-8-16-18-13(19-17-8)10-6-5-9(7-14-10)15-11(20)3-2-4-12(21)22/h5-7,16-17H,1-4H2,(H,15,20)(H,18,19)(H,21,22). The van der Waals surface area contributed by atoms with Crippen molar-refractivity contribution in [3.05, 3.63) is 36.4 Å². The molecule has 0 saturated heterocycles. The number of nitrogens with one attached hydrogen (secondary N) is 4. The van der Waals surface area contributed by atoms with Gasteiger partial charge in [0.05, 0.1) is 11.9 Å². The van der Waals surface area contributed by atoms with Crippen molar-refractivity contribution in [1.82, 2.24) is 21.3 Å². The third kappa shape index (κ3) is 4.47. The van der Waals surface area contributed by atoms with Gasteiger partial charge in [-0.15, -0.1) is 0 Å². The van der Waals surface area contributed by atoms with Crippen LogP contribution in [-0.4, -0.2) is 27.8 Å². The molecule has 0 aliphatic carbocycles. The summed E-state index contributed by atoms with van der Waals surface area (Å²) in [7, 11) is 0. The average molecular weight is 304 g/mol. The lowest BCUT2D eigenvalue weighted by molar-refractivity contribution is -0.137. The number of carboxylic acids is 1. The van der Waals surface area contributed by atoms with E-state index >= 15 is 0 Å². The molecule has 116 valence electrons. The lowest BCUT2D eigenvalue weighted by Crippen LogP contribution is -2.45. The molecule has 5 N–H and O–H groups in total. The lowest BCUT2D eigenvalue weighted by atomic mass is 10.2. The number of carbonyl (C=O) groups is 2. The highest BCUT2D eigenvalue weighted by Crippen LogP contribution is 2.08. The molecule has 9 nitrogen and oxygen atoms in total. The number of nitrogens with zero attached hydrogens (tertiary/aromatic N) is 2. The first-order chi connectivity index (χ1) is 10.5. The molecule has 0 unspecified atom stereocenters. The molecule has 2 heterocycles. The Bertz CT molecular complexity index is 611. The highest BCUT2D eigenvalue weighted by atomic mass is 16.4. The van der Waals surface area contributed by atoms with E-state index in [0.717, 1.165) is 0 Å². The molecule has 0 atom stereocenters. The molecule has 0 saturated carbocycles. The number of pyridine rings is 1. The zero-order valence-electron chi connectivity index (χ0n) is 11.7. The molecule has 1 aromatic rings. The van der Waals surface area contributed by atoms with E-state index in [-0.39, 0.29) is 18.7 Å². The Morgan fingerprint density at radius 1 is 1.27 bits per heavy atom. The van der Waals surface area contributed by atoms with E-state index < -0.39 is 5.97 Å². The van der Waals surface area contributed by atoms with Crippen molar-refractivity contribution in [3.8, 4) is 0 Å². The van der Waals surface area contributed by atoms with Crippen LogP contribution in [0.5, 0.6) is 0 Å². The number of rotatable bonds is 6. The summed E-state index contributed by atoms with van der Waals surface area (Å²) in [5.41, 5.74) is 9.37. The van der Waals surface area contributed by atoms with Gasteiger partial charge in [-0.25, -0.2) is 0 Å². The van der Waals surface area contributed by atoms with Crippen LogP contribution < -0.4 is 21.6 Å². The number of aromatic nitrogens is 1. The van der Waals surface area contributed by atoms with Gasteiger partial charge < -0.3 is 10.4 Å². The van der Waals surface area contributed by atoms with Crippen LogP contribution >= 0.6 is 0 Å². The van der Waals surface area contributed by atoms with Crippen LogP contribution in [0.15, 0.2) is 35.8 Å². The van der Waals surface area contributed by atoms with Crippen LogP contribution in [0.3, 0.4) is 0 Å². The van der Waals surface area contributed by atoms with Crippen LogP contribution in [-0.2, 0) is 9.59 Å². The number of amidine groups is 1. The Kier molecular flexibility index (Phi) is 4.91. The average Bonchev–Trinajstić information content (AvgIpc) is 2.48. The second kappa shape index (κ2) is 7.07. The Labute approximate surface area is 126 Å². The molecule has 2 rings (SSSR count). The molecular formula is C13H16N6O3.